The van der Waals surface area contributed by atoms with Crippen molar-refractivity contribution in [1.82, 2.24) is 15.6 Å². The normalized spacial score (nSPS) is 22.9. The summed E-state index contributed by atoms with van der Waals surface area (Å²) in [6.07, 6.45) is 4.49. The van der Waals surface area contributed by atoms with Gasteiger partial charge in [-0.2, -0.15) is 0 Å². The standard InChI is InChI=1S/C14H21N3O.2ClH/c1-10-8-16-7-5-13(10)17-14(18)11(2)12-4-3-6-15-9-12;;/h3-4,6,9-11,13,16H,5,7-8H2,1-2H3,(H,17,18);2*1H. The van der Waals surface area contributed by atoms with Crippen molar-refractivity contribution in [3.05, 3.63) is 30.1 Å². The zero-order chi connectivity index (χ0) is 13.0. The van der Waals surface area contributed by atoms with Crippen LogP contribution in [0.2, 0.25) is 0 Å². The minimum atomic E-state index is -0.138. The second-order valence-corrected chi connectivity index (χ2v) is 5.09. The fourth-order valence-corrected chi connectivity index (χ4v) is 2.32. The average Bonchev–Trinajstić information content (AvgIpc) is 2.41. The van der Waals surface area contributed by atoms with E-state index in [0.29, 0.717) is 5.92 Å². The number of carbonyl (C=O) groups excluding carboxylic acids is 1. The number of pyridine rings is 1. The molecule has 2 heterocycles. The SMILES string of the molecule is CC(C(=O)NC1CCNCC1C)c1cccnc1.Cl.Cl. The van der Waals surface area contributed by atoms with Gasteiger partial charge in [0.2, 0.25) is 5.91 Å². The van der Waals surface area contributed by atoms with Crippen LogP contribution in [0.4, 0.5) is 0 Å². The van der Waals surface area contributed by atoms with E-state index in [1.807, 2.05) is 19.1 Å². The number of aromatic nitrogens is 1. The molecule has 0 radical (unpaired) electrons. The van der Waals surface area contributed by atoms with Crippen molar-refractivity contribution < 1.29 is 4.79 Å². The average molecular weight is 320 g/mol. The van der Waals surface area contributed by atoms with Crippen molar-refractivity contribution in [2.75, 3.05) is 13.1 Å². The Morgan fingerprint density at radius 3 is 2.85 bits per heavy atom. The lowest BCUT2D eigenvalue weighted by molar-refractivity contribution is -0.123. The predicted octanol–water partition coefficient (Wildman–Crippen LogP) is 2.14. The molecule has 3 atom stereocenters. The van der Waals surface area contributed by atoms with Crippen LogP contribution in [0.5, 0.6) is 0 Å². The summed E-state index contributed by atoms with van der Waals surface area (Å²) in [6.45, 7) is 6.06. The lowest BCUT2D eigenvalue weighted by Gasteiger charge is -2.31. The van der Waals surface area contributed by atoms with Crippen molar-refractivity contribution in [3.63, 3.8) is 0 Å². The van der Waals surface area contributed by atoms with E-state index < -0.39 is 0 Å². The van der Waals surface area contributed by atoms with Gasteiger partial charge < -0.3 is 10.6 Å². The van der Waals surface area contributed by atoms with E-state index in [1.54, 1.807) is 12.4 Å². The molecule has 0 saturated carbocycles. The van der Waals surface area contributed by atoms with Crippen LogP contribution in [0.1, 0.15) is 31.7 Å². The second-order valence-electron chi connectivity index (χ2n) is 5.09. The van der Waals surface area contributed by atoms with Gasteiger partial charge in [0.05, 0.1) is 5.92 Å². The summed E-state index contributed by atoms with van der Waals surface area (Å²) in [5.41, 5.74) is 0.969. The number of halogens is 2. The summed E-state index contributed by atoms with van der Waals surface area (Å²) >= 11 is 0. The number of rotatable bonds is 3. The fraction of sp³-hybridized carbons (Fsp3) is 0.571. The molecule has 1 amide bonds. The molecule has 1 saturated heterocycles. The maximum Gasteiger partial charge on any atom is 0.227 e. The highest BCUT2D eigenvalue weighted by atomic mass is 35.5. The second kappa shape index (κ2) is 9.16. The summed E-state index contributed by atoms with van der Waals surface area (Å²) < 4.78 is 0. The Hall–Kier alpha value is -0.840. The number of amides is 1. The van der Waals surface area contributed by atoms with Crippen molar-refractivity contribution in [2.45, 2.75) is 32.2 Å². The molecule has 6 heteroatoms. The molecule has 1 aliphatic rings. The van der Waals surface area contributed by atoms with Gasteiger partial charge in [-0.1, -0.05) is 13.0 Å². The summed E-state index contributed by atoms with van der Waals surface area (Å²) in [5.74, 6) is 0.450. The molecule has 2 N–H and O–H groups in total. The zero-order valence-corrected chi connectivity index (χ0v) is 13.5. The maximum absolute atomic E-state index is 12.2. The third-order valence-electron chi connectivity index (χ3n) is 3.69. The van der Waals surface area contributed by atoms with E-state index in [4.69, 9.17) is 0 Å². The van der Waals surface area contributed by atoms with Crippen molar-refractivity contribution in [2.24, 2.45) is 5.92 Å². The summed E-state index contributed by atoms with van der Waals surface area (Å²) in [5, 5.41) is 6.50. The summed E-state index contributed by atoms with van der Waals surface area (Å²) in [7, 11) is 0. The Kier molecular flexibility index (Phi) is 8.78. The first-order valence-corrected chi connectivity index (χ1v) is 6.59. The molecule has 1 aliphatic heterocycles. The van der Waals surface area contributed by atoms with E-state index in [1.165, 1.54) is 0 Å². The first kappa shape index (κ1) is 19.2. The fourth-order valence-electron chi connectivity index (χ4n) is 2.32. The molecule has 2 rings (SSSR count). The highest BCUT2D eigenvalue weighted by Gasteiger charge is 2.25. The zero-order valence-electron chi connectivity index (χ0n) is 11.8. The number of hydrogen-bond acceptors (Lipinski definition) is 3. The first-order valence-electron chi connectivity index (χ1n) is 6.59. The number of nitrogens with zero attached hydrogens (tertiary/aromatic N) is 1. The van der Waals surface area contributed by atoms with Crippen LogP contribution >= 0.6 is 24.8 Å². The maximum atomic E-state index is 12.2. The van der Waals surface area contributed by atoms with E-state index in [2.05, 4.69) is 22.5 Å². The molecular weight excluding hydrogens is 297 g/mol. The topological polar surface area (TPSA) is 54.0 Å². The van der Waals surface area contributed by atoms with E-state index in [9.17, 15) is 4.79 Å². The Labute approximate surface area is 132 Å². The molecule has 114 valence electrons. The Balaban J connectivity index is 0.00000180. The van der Waals surface area contributed by atoms with Crippen LogP contribution < -0.4 is 10.6 Å². The lowest BCUT2D eigenvalue weighted by Crippen LogP contribution is -2.49. The molecular formula is C14H23Cl2N3O. The van der Waals surface area contributed by atoms with Crippen LogP contribution in [0, 0.1) is 5.92 Å². The number of carbonyl (C=O) groups is 1. The molecule has 0 bridgehead atoms. The predicted molar refractivity (Wildman–Crippen MR) is 85.7 cm³/mol. The molecule has 3 unspecified atom stereocenters. The minimum absolute atomic E-state index is 0. The Morgan fingerprint density at radius 1 is 1.50 bits per heavy atom. The van der Waals surface area contributed by atoms with Gasteiger partial charge >= 0.3 is 0 Å². The van der Waals surface area contributed by atoms with E-state index >= 15 is 0 Å². The van der Waals surface area contributed by atoms with Gasteiger partial charge in [0.1, 0.15) is 0 Å². The van der Waals surface area contributed by atoms with Crippen LogP contribution in [0.25, 0.3) is 0 Å². The van der Waals surface area contributed by atoms with Crippen LogP contribution in [0.3, 0.4) is 0 Å². The van der Waals surface area contributed by atoms with Crippen molar-refractivity contribution >= 4 is 30.7 Å². The molecule has 4 nitrogen and oxygen atoms in total. The third kappa shape index (κ3) is 4.93. The van der Waals surface area contributed by atoms with Crippen LogP contribution in [-0.4, -0.2) is 30.0 Å². The summed E-state index contributed by atoms with van der Waals surface area (Å²) in [4.78, 5) is 16.3. The molecule has 1 fully saturated rings. The van der Waals surface area contributed by atoms with Gasteiger partial charge in [0.15, 0.2) is 0 Å². The monoisotopic (exact) mass is 319 g/mol. The highest BCUT2D eigenvalue weighted by Crippen LogP contribution is 2.16. The molecule has 1 aromatic rings. The first-order chi connectivity index (χ1) is 8.68. The Bertz CT molecular complexity index is 403. The number of hydrogen-bond donors (Lipinski definition) is 2. The van der Waals surface area contributed by atoms with E-state index in [0.717, 1.165) is 25.1 Å². The molecule has 20 heavy (non-hydrogen) atoms. The van der Waals surface area contributed by atoms with Gasteiger partial charge in [0, 0.05) is 18.4 Å². The van der Waals surface area contributed by atoms with Gasteiger partial charge in [0.25, 0.3) is 0 Å². The Morgan fingerprint density at radius 2 is 2.25 bits per heavy atom. The van der Waals surface area contributed by atoms with E-state index in [-0.39, 0.29) is 42.7 Å². The van der Waals surface area contributed by atoms with Crippen LogP contribution in [-0.2, 0) is 4.79 Å². The largest absolute Gasteiger partial charge is 0.352 e. The third-order valence-corrected chi connectivity index (χ3v) is 3.69. The van der Waals surface area contributed by atoms with Gasteiger partial charge in [-0.15, -0.1) is 24.8 Å². The molecule has 0 aliphatic carbocycles. The van der Waals surface area contributed by atoms with Crippen LogP contribution in [0.15, 0.2) is 24.5 Å². The lowest BCUT2D eigenvalue weighted by atomic mass is 9.94. The summed E-state index contributed by atoms with van der Waals surface area (Å²) in [6, 6.07) is 4.10. The molecule has 1 aromatic heterocycles. The van der Waals surface area contributed by atoms with Crippen molar-refractivity contribution in [3.8, 4) is 0 Å². The van der Waals surface area contributed by atoms with Gasteiger partial charge in [-0.05, 0) is 44.0 Å². The molecule has 0 spiro atoms. The smallest absolute Gasteiger partial charge is 0.227 e. The highest BCUT2D eigenvalue weighted by molar-refractivity contribution is 5.85. The quantitative estimate of drug-likeness (QED) is 0.897. The minimum Gasteiger partial charge on any atom is -0.352 e. The van der Waals surface area contributed by atoms with Crippen molar-refractivity contribution in [1.29, 1.82) is 0 Å². The molecule has 0 aromatic carbocycles. The number of piperidine rings is 1. The van der Waals surface area contributed by atoms with Gasteiger partial charge in [-0.25, -0.2) is 0 Å². The number of nitrogens with one attached hydrogen (secondary N) is 2. The van der Waals surface area contributed by atoms with Gasteiger partial charge in [-0.3, -0.25) is 9.78 Å².